The largest absolute Gasteiger partial charge is 0.480 e. The van der Waals surface area contributed by atoms with Crippen LogP contribution in [0.2, 0.25) is 0 Å². The monoisotopic (exact) mass is 247 g/mol. The van der Waals surface area contributed by atoms with Gasteiger partial charge in [0, 0.05) is 18.0 Å². The van der Waals surface area contributed by atoms with Gasteiger partial charge in [-0.25, -0.2) is 0 Å². The molecule has 0 saturated heterocycles. The number of aliphatic carboxylic acids is 1. The van der Waals surface area contributed by atoms with E-state index in [9.17, 15) is 4.79 Å². The smallest absolute Gasteiger partial charge is 0.322 e. The minimum Gasteiger partial charge on any atom is -0.480 e. The van der Waals surface area contributed by atoms with Crippen LogP contribution >= 0.6 is 22.9 Å². The summed E-state index contributed by atoms with van der Waals surface area (Å²) >= 11 is 7.36. The second-order valence-electron chi connectivity index (χ2n) is 3.21. The Hall–Kier alpha value is -0.580. The Morgan fingerprint density at radius 3 is 2.93 bits per heavy atom. The van der Waals surface area contributed by atoms with E-state index in [0.29, 0.717) is 6.54 Å². The third kappa shape index (κ3) is 4.20. The van der Waals surface area contributed by atoms with Crippen molar-refractivity contribution in [2.45, 2.75) is 18.8 Å². The van der Waals surface area contributed by atoms with E-state index in [1.54, 1.807) is 11.3 Å². The predicted octanol–water partition coefficient (Wildman–Crippen LogP) is 2.26. The van der Waals surface area contributed by atoms with Crippen LogP contribution < -0.4 is 0 Å². The molecule has 1 heterocycles. The summed E-state index contributed by atoms with van der Waals surface area (Å²) in [6.45, 7) is 3.95. The van der Waals surface area contributed by atoms with Crippen molar-refractivity contribution in [1.82, 2.24) is 4.90 Å². The van der Waals surface area contributed by atoms with Gasteiger partial charge in [-0.3, -0.25) is 9.69 Å². The molecule has 0 spiro atoms. The van der Waals surface area contributed by atoms with E-state index >= 15 is 0 Å². The van der Waals surface area contributed by atoms with Crippen LogP contribution in [-0.2, 0) is 11.3 Å². The van der Waals surface area contributed by atoms with Crippen LogP contribution in [0.15, 0.2) is 17.5 Å². The van der Waals surface area contributed by atoms with Crippen LogP contribution in [0, 0.1) is 0 Å². The number of nitrogens with zero attached hydrogens (tertiary/aromatic N) is 1. The number of rotatable bonds is 6. The average Bonchev–Trinajstić information content (AvgIpc) is 2.69. The third-order valence-corrected chi connectivity index (χ3v) is 3.28. The molecule has 1 aromatic heterocycles. The Labute approximate surface area is 98.3 Å². The van der Waals surface area contributed by atoms with Crippen LogP contribution in [0.25, 0.3) is 0 Å². The molecule has 1 atom stereocenters. The third-order valence-electron chi connectivity index (χ3n) is 2.09. The van der Waals surface area contributed by atoms with Crippen LogP contribution in [0.5, 0.6) is 0 Å². The number of carboxylic acids is 1. The zero-order valence-corrected chi connectivity index (χ0v) is 10.1. The number of hydrogen-bond donors (Lipinski definition) is 1. The van der Waals surface area contributed by atoms with Gasteiger partial charge in [0.25, 0.3) is 0 Å². The van der Waals surface area contributed by atoms with E-state index < -0.39 is 11.3 Å². The van der Waals surface area contributed by atoms with E-state index in [4.69, 9.17) is 16.7 Å². The normalized spacial score (nSPS) is 13.0. The molecule has 1 N–H and O–H groups in total. The first-order valence-corrected chi connectivity index (χ1v) is 6.06. The van der Waals surface area contributed by atoms with Crippen LogP contribution in [0.1, 0.15) is 11.8 Å². The van der Waals surface area contributed by atoms with E-state index in [0.717, 1.165) is 13.1 Å². The molecule has 0 aliphatic heterocycles. The maximum absolute atomic E-state index is 10.6. The van der Waals surface area contributed by atoms with E-state index in [1.807, 2.05) is 29.3 Å². The molecule has 1 rings (SSSR count). The van der Waals surface area contributed by atoms with Crippen molar-refractivity contribution < 1.29 is 9.90 Å². The quantitative estimate of drug-likeness (QED) is 0.784. The molecule has 0 radical (unpaired) electrons. The second-order valence-corrected chi connectivity index (χ2v) is 4.77. The minimum atomic E-state index is -0.957. The maximum atomic E-state index is 10.6. The molecule has 3 nitrogen and oxygen atoms in total. The van der Waals surface area contributed by atoms with Crippen molar-refractivity contribution in [2.75, 3.05) is 13.1 Å². The highest BCUT2D eigenvalue weighted by Gasteiger charge is 2.17. The molecule has 0 aromatic carbocycles. The summed E-state index contributed by atoms with van der Waals surface area (Å²) in [7, 11) is 0. The zero-order chi connectivity index (χ0) is 11.3. The van der Waals surface area contributed by atoms with Crippen molar-refractivity contribution in [1.29, 1.82) is 0 Å². The highest BCUT2D eigenvalue weighted by Crippen LogP contribution is 2.12. The summed E-state index contributed by atoms with van der Waals surface area (Å²) in [5.74, 6) is -0.957. The van der Waals surface area contributed by atoms with Crippen molar-refractivity contribution in [3.8, 4) is 0 Å². The fourth-order valence-corrected chi connectivity index (χ4v) is 2.17. The molecule has 1 unspecified atom stereocenters. The number of carbonyl (C=O) groups is 1. The molecule has 0 saturated carbocycles. The van der Waals surface area contributed by atoms with Crippen molar-refractivity contribution in [3.63, 3.8) is 0 Å². The molecule has 1 aromatic rings. The Morgan fingerprint density at radius 2 is 2.47 bits per heavy atom. The number of thiophene rings is 1. The number of halogens is 1. The molecule has 84 valence electrons. The van der Waals surface area contributed by atoms with Gasteiger partial charge in [-0.2, -0.15) is 0 Å². The number of hydrogen-bond acceptors (Lipinski definition) is 3. The molecule has 15 heavy (non-hydrogen) atoms. The van der Waals surface area contributed by atoms with Gasteiger partial charge in [-0.1, -0.05) is 13.0 Å². The summed E-state index contributed by atoms with van der Waals surface area (Å²) in [6.07, 6.45) is 0. The lowest BCUT2D eigenvalue weighted by molar-refractivity contribution is -0.137. The standard InChI is InChI=1S/C10H14ClNO2S/c1-2-12(7-9(11)10(13)14)6-8-4-3-5-15-8/h3-5,9H,2,6-7H2,1H3,(H,13,14). The molecular formula is C10H14ClNO2S. The Bertz CT molecular complexity index is 302. The second kappa shape index (κ2) is 6.10. The topological polar surface area (TPSA) is 40.5 Å². The summed E-state index contributed by atoms with van der Waals surface area (Å²) < 4.78 is 0. The summed E-state index contributed by atoms with van der Waals surface area (Å²) in [4.78, 5) is 13.9. The summed E-state index contributed by atoms with van der Waals surface area (Å²) in [6, 6.07) is 4.03. The maximum Gasteiger partial charge on any atom is 0.322 e. The molecule has 0 aliphatic rings. The van der Waals surface area contributed by atoms with E-state index in [2.05, 4.69) is 0 Å². The predicted molar refractivity (Wildman–Crippen MR) is 62.5 cm³/mol. The molecule has 0 amide bonds. The Morgan fingerprint density at radius 1 is 1.73 bits per heavy atom. The van der Waals surface area contributed by atoms with Crippen molar-refractivity contribution in [3.05, 3.63) is 22.4 Å². The molecule has 5 heteroatoms. The van der Waals surface area contributed by atoms with E-state index in [1.165, 1.54) is 4.88 Å². The SMILES string of the molecule is CCN(Cc1cccs1)CC(Cl)C(=O)O. The van der Waals surface area contributed by atoms with Crippen LogP contribution in [0.3, 0.4) is 0 Å². The van der Waals surface area contributed by atoms with Gasteiger partial charge < -0.3 is 5.11 Å². The summed E-state index contributed by atoms with van der Waals surface area (Å²) in [5.41, 5.74) is 0. The first kappa shape index (κ1) is 12.5. The molecule has 0 bridgehead atoms. The van der Waals surface area contributed by atoms with Crippen molar-refractivity contribution in [2.24, 2.45) is 0 Å². The highest BCUT2D eigenvalue weighted by atomic mass is 35.5. The van der Waals surface area contributed by atoms with Crippen LogP contribution in [0.4, 0.5) is 0 Å². The van der Waals surface area contributed by atoms with Crippen molar-refractivity contribution >= 4 is 28.9 Å². The van der Waals surface area contributed by atoms with Gasteiger partial charge in [0.05, 0.1) is 0 Å². The first-order valence-electron chi connectivity index (χ1n) is 4.75. The number of alkyl halides is 1. The van der Waals surface area contributed by atoms with Gasteiger partial charge in [0.15, 0.2) is 0 Å². The first-order chi connectivity index (χ1) is 7.13. The Balaban J connectivity index is 2.46. The van der Waals surface area contributed by atoms with Gasteiger partial charge in [0.1, 0.15) is 5.38 Å². The minimum absolute atomic E-state index is 0.380. The zero-order valence-electron chi connectivity index (χ0n) is 8.52. The van der Waals surface area contributed by atoms with Crippen LogP contribution in [-0.4, -0.2) is 34.4 Å². The molecule has 0 fully saturated rings. The summed E-state index contributed by atoms with van der Waals surface area (Å²) in [5, 5.41) is 9.88. The molecular weight excluding hydrogens is 234 g/mol. The lowest BCUT2D eigenvalue weighted by Crippen LogP contribution is -2.33. The van der Waals surface area contributed by atoms with Gasteiger partial charge >= 0.3 is 5.97 Å². The Kier molecular flexibility index (Phi) is 5.08. The fraction of sp³-hybridized carbons (Fsp3) is 0.500. The number of carboxylic acid groups (broad SMARTS) is 1. The van der Waals surface area contributed by atoms with Gasteiger partial charge in [0.2, 0.25) is 0 Å². The van der Waals surface area contributed by atoms with Gasteiger partial charge in [-0.05, 0) is 18.0 Å². The fourth-order valence-electron chi connectivity index (χ4n) is 1.23. The molecule has 0 aliphatic carbocycles. The lowest BCUT2D eigenvalue weighted by Gasteiger charge is -2.20. The highest BCUT2D eigenvalue weighted by molar-refractivity contribution is 7.09. The average molecular weight is 248 g/mol. The lowest BCUT2D eigenvalue weighted by atomic mass is 10.3. The van der Waals surface area contributed by atoms with E-state index in [-0.39, 0.29) is 0 Å². The van der Waals surface area contributed by atoms with Gasteiger partial charge in [-0.15, -0.1) is 22.9 Å².